The Balaban J connectivity index is 1.42. The Kier molecular flexibility index (Phi) is 29.3. The Bertz CT molecular complexity index is 2320. The van der Waals surface area contributed by atoms with Crippen molar-refractivity contribution < 1.29 is 82.5 Å². The molecule has 0 radical (unpaired) electrons. The molecule has 2 aliphatic rings. The van der Waals surface area contributed by atoms with Crippen molar-refractivity contribution in [1.82, 2.24) is 10.6 Å². The van der Waals surface area contributed by atoms with E-state index in [1.807, 2.05) is 6.92 Å². The van der Waals surface area contributed by atoms with Gasteiger partial charge in [-0.2, -0.15) is 0 Å². The number of aliphatic hydroxyl groups is 3. The van der Waals surface area contributed by atoms with Gasteiger partial charge in [-0.25, -0.2) is 14.0 Å². The summed E-state index contributed by atoms with van der Waals surface area (Å²) in [5.74, 6) is -6.59. The topological polar surface area (TPSA) is 335 Å². The predicted molar refractivity (Wildman–Crippen MR) is 296 cm³/mol. The van der Waals surface area contributed by atoms with Crippen LogP contribution in [0.5, 0.6) is 0 Å². The molecule has 2 aliphatic heterocycles. The molecule has 13 atom stereocenters. The molecule has 2 saturated heterocycles. The van der Waals surface area contributed by atoms with Crippen molar-refractivity contribution in [3.05, 3.63) is 51.2 Å². The third kappa shape index (κ3) is 21.9. The molecule has 7 N–H and O–H groups in total. The molecule has 79 heavy (non-hydrogen) atoms. The highest BCUT2D eigenvalue weighted by Gasteiger charge is 2.48. The predicted octanol–water partition coefficient (Wildman–Crippen LogP) is 7.68. The second-order valence-electron chi connectivity index (χ2n) is 21.2. The number of aliphatic hydroxyl groups excluding tert-OH is 3. The minimum atomic E-state index is -2.00. The zero-order valence-corrected chi connectivity index (χ0v) is 48.7. The highest BCUT2D eigenvalue weighted by atomic mass is 33.1. The van der Waals surface area contributed by atoms with Crippen LogP contribution in [0, 0.1) is 41.3 Å². The van der Waals surface area contributed by atoms with E-state index in [9.17, 15) is 58.7 Å². The van der Waals surface area contributed by atoms with Crippen molar-refractivity contribution in [3.63, 3.8) is 0 Å². The number of halogens is 1. The zero-order chi connectivity index (χ0) is 59.1. The number of nitrogens with one attached hydrogen (secondary N) is 2. The van der Waals surface area contributed by atoms with Crippen LogP contribution in [0.2, 0.25) is 0 Å². The second-order valence-corrected chi connectivity index (χ2v) is 23.9. The maximum Gasteiger partial charge on any atom is 0.334 e. The summed E-state index contributed by atoms with van der Waals surface area (Å²) in [5, 5.41) is 64.6. The normalized spacial score (nSPS) is 22.9. The summed E-state index contributed by atoms with van der Waals surface area (Å²) in [7, 11) is 4.30. The Hall–Kier alpha value is -4.85. The van der Waals surface area contributed by atoms with Gasteiger partial charge in [0.15, 0.2) is 12.4 Å². The van der Waals surface area contributed by atoms with Crippen molar-refractivity contribution in [3.8, 4) is 0 Å². The van der Waals surface area contributed by atoms with Crippen molar-refractivity contribution in [2.24, 2.45) is 45.8 Å². The van der Waals surface area contributed by atoms with Gasteiger partial charge in [0.1, 0.15) is 23.8 Å². The number of amides is 2. The van der Waals surface area contributed by atoms with Crippen LogP contribution in [0.4, 0.5) is 10.1 Å². The number of ether oxygens (including phenoxy) is 4. The van der Waals surface area contributed by atoms with Gasteiger partial charge in [0.25, 0.3) is 11.8 Å². The number of ketones is 1. The number of methoxy groups -OCH3 is 1. The molecule has 1 aromatic rings. The van der Waals surface area contributed by atoms with Gasteiger partial charge >= 0.3 is 17.9 Å². The van der Waals surface area contributed by atoms with Crippen LogP contribution < -0.4 is 10.6 Å². The fourth-order valence-corrected chi connectivity index (χ4v) is 11.4. The van der Waals surface area contributed by atoms with E-state index in [4.69, 9.17) is 29.3 Å². The number of hydrogen-bond donors (Lipinski definition) is 7. The van der Waals surface area contributed by atoms with Crippen molar-refractivity contribution in [2.75, 3.05) is 38.3 Å². The van der Waals surface area contributed by atoms with Crippen molar-refractivity contribution in [2.45, 2.75) is 175 Å². The van der Waals surface area contributed by atoms with Crippen molar-refractivity contribution in [1.29, 1.82) is 0 Å². The monoisotopic (exact) mass is 1150 g/mol. The van der Waals surface area contributed by atoms with Crippen LogP contribution in [0.25, 0.3) is 10.4 Å². The maximum absolute atomic E-state index is 13.7. The van der Waals surface area contributed by atoms with Gasteiger partial charge in [-0.15, -0.1) is 0 Å². The summed E-state index contributed by atoms with van der Waals surface area (Å²) in [5.41, 5.74) is 7.71. The lowest BCUT2D eigenvalue weighted by atomic mass is 9.79. The number of carboxylic acid groups (broad SMARTS) is 2. The summed E-state index contributed by atoms with van der Waals surface area (Å²) in [6.45, 7) is 16.8. The van der Waals surface area contributed by atoms with Crippen LogP contribution in [0.1, 0.15) is 137 Å². The summed E-state index contributed by atoms with van der Waals surface area (Å²) in [6.07, 6.45) is -2.77. The number of nitrogens with zero attached hydrogens (tertiary/aromatic N) is 4. The molecule has 444 valence electrons. The number of aliphatic carboxylic acids is 2. The summed E-state index contributed by atoms with van der Waals surface area (Å²) in [4.78, 5) is 82.1. The van der Waals surface area contributed by atoms with E-state index in [2.05, 4.69) is 53.5 Å². The first-order valence-corrected chi connectivity index (χ1v) is 29.4. The van der Waals surface area contributed by atoms with Gasteiger partial charge in [0.05, 0.1) is 53.9 Å². The molecular weight excluding hydrogens is 1070 g/mol. The zero-order valence-electron chi connectivity index (χ0n) is 47.1. The van der Waals surface area contributed by atoms with Gasteiger partial charge < -0.3 is 60.0 Å². The molecule has 0 aliphatic carbocycles. The minimum Gasteiger partial charge on any atom is -0.478 e. The molecule has 2 heterocycles. The lowest BCUT2D eigenvalue weighted by molar-refractivity contribution is -0.338. The third-order valence-electron chi connectivity index (χ3n) is 14.8. The first-order valence-electron chi connectivity index (χ1n) is 26.9. The standard InChI is InChI=1S/C54H83FN6O16S2/c1-29(2)48(75-46(67)27-42(64)47(53(71)72)35(8)52(69)70)50(73-10)43(65)26-41(63)34(7)40(62)15-11-32(5)49-33(6)18-20-54(77-49)19-17-31(4)44(76-54)16-12-30(3)36(9)60-74-28-45(66)57-21-23-78-79-24-22-58-51(68)37-13-14-38(55)39(25-37)59-61-56/h13-14,25,29-34,40,42-44,48-50,62,64-65H,11-12,15-24,26-28H2,1-10H3,(H,57,66)(H,58,68)(H,69,70)(H,71,72)/b47-35-,60-36+/t30-,31+,32+,33-,34-,40-,42+,43+,44-,48+,49-,50-,54+/m0/s1. The van der Waals surface area contributed by atoms with E-state index in [-0.39, 0.29) is 60.1 Å². The Morgan fingerprint density at radius 3 is 2.13 bits per heavy atom. The van der Waals surface area contributed by atoms with Crippen LogP contribution in [0.15, 0.2) is 39.6 Å². The molecule has 0 unspecified atom stereocenters. The van der Waals surface area contributed by atoms with E-state index >= 15 is 0 Å². The van der Waals surface area contributed by atoms with Crippen LogP contribution >= 0.6 is 21.6 Å². The fourth-order valence-electron chi connectivity index (χ4n) is 9.60. The molecule has 2 fully saturated rings. The first-order chi connectivity index (χ1) is 37.3. The number of carbonyl (C=O) groups is 6. The molecule has 1 aromatic carbocycles. The Morgan fingerprint density at radius 1 is 0.873 bits per heavy atom. The summed E-state index contributed by atoms with van der Waals surface area (Å²) in [6, 6.07) is 3.56. The van der Waals surface area contributed by atoms with E-state index in [1.165, 1.54) is 40.8 Å². The first kappa shape index (κ1) is 68.4. The highest BCUT2D eigenvalue weighted by molar-refractivity contribution is 8.76. The largest absolute Gasteiger partial charge is 0.478 e. The number of rotatable bonds is 34. The second kappa shape index (κ2) is 33.8. The number of esters is 1. The molecule has 1 spiro atoms. The van der Waals surface area contributed by atoms with Crippen LogP contribution in [-0.4, -0.2) is 154 Å². The number of benzene rings is 1. The summed E-state index contributed by atoms with van der Waals surface area (Å²) < 4.78 is 38.5. The Morgan fingerprint density at radius 2 is 1.52 bits per heavy atom. The van der Waals surface area contributed by atoms with Gasteiger partial charge in [-0.1, -0.05) is 80.3 Å². The number of hydrogen-bond acceptors (Lipinski definition) is 18. The Labute approximate surface area is 470 Å². The number of oxime groups is 1. The van der Waals surface area contributed by atoms with Crippen LogP contribution in [0.3, 0.4) is 0 Å². The average molecular weight is 1160 g/mol. The number of carboxylic acids is 2. The summed E-state index contributed by atoms with van der Waals surface area (Å²) >= 11 is 0. The molecule has 0 bridgehead atoms. The van der Waals surface area contributed by atoms with E-state index in [0.717, 1.165) is 57.2 Å². The molecule has 0 aromatic heterocycles. The van der Waals surface area contributed by atoms with Gasteiger partial charge in [-0.3, -0.25) is 19.2 Å². The lowest BCUT2D eigenvalue weighted by Crippen LogP contribution is -2.53. The van der Waals surface area contributed by atoms with E-state index in [0.29, 0.717) is 36.9 Å². The maximum atomic E-state index is 13.7. The number of Topliss-reactive ketones (excluding diaryl/α,β-unsaturated/α-hetero) is 1. The molecule has 2 amide bonds. The van der Waals surface area contributed by atoms with Gasteiger partial charge in [0.2, 0.25) is 0 Å². The highest BCUT2D eigenvalue weighted by Crippen LogP contribution is 2.46. The molecule has 0 saturated carbocycles. The molecule has 22 nitrogen and oxygen atoms in total. The van der Waals surface area contributed by atoms with Crippen LogP contribution in [-0.2, 0) is 47.8 Å². The van der Waals surface area contributed by atoms with E-state index < -0.39 is 108 Å². The number of azide groups is 1. The lowest BCUT2D eigenvalue weighted by Gasteiger charge is -2.51. The smallest absolute Gasteiger partial charge is 0.334 e. The third-order valence-corrected chi connectivity index (χ3v) is 17.2. The minimum absolute atomic E-state index is 0.00127. The molecule has 25 heteroatoms. The fraction of sp³-hybridized carbons (Fsp3) is 0.722. The average Bonchev–Trinajstić information content (AvgIpc) is 3.44. The van der Waals surface area contributed by atoms with Gasteiger partial charge in [-0.05, 0) is 106 Å². The quantitative estimate of drug-likeness (QED) is 0.00400. The number of carbonyl (C=O) groups excluding carboxylic acids is 4. The SMILES string of the molecule is CO[C@@H]([C@H](O)CC(=O)[C@@H](C)[C@@H](O)CC[C@@H](C)[C@@H]1O[C@]2(CC[C@@H](C)[C@H](CC[C@H](C)/C(C)=N/OCC(=O)NCCSSCCNC(=O)c3ccc(F)c(N=[N+]=[N-])c3)O2)CC[C@@H]1C)[C@H](OC(=O)C[C@@H](O)/C(C(=O)O)=C(\C)C(=O)O)C(C)C. The molecule has 3 rings (SSSR count). The van der Waals surface area contributed by atoms with E-state index in [1.54, 1.807) is 20.8 Å². The molecular formula is C54H83FN6O16S2. The van der Waals surface area contributed by atoms with Gasteiger partial charge in [0, 0.05) is 72.9 Å². The van der Waals surface area contributed by atoms with Crippen molar-refractivity contribution >= 4 is 68.5 Å².